The van der Waals surface area contributed by atoms with Crippen molar-refractivity contribution < 1.29 is 24.5 Å². The molecule has 1 unspecified atom stereocenters. The van der Waals surface area contributed by atoms with E-state index in [1.165, 1.54) is 31.4 Å². The van der Waals surface area contributed by atoms with E-state index in [1.807, 2.05) is 0 Å². The van der Waals surface area contributed by atoms with Crippen molar-refractivity contribution in [1.82, 2.24) is 5.32 Å². The van der Waals surface area contributed by atoms with Crippen molar-refractivity contribution in [2.75, 3.05) is 25.6 Å². The van der Waals surface area contributed by atoms with Gasteiger partial charge < -0.3 is 25.6 Å². The molecule has 0 aliphatic heterocycles. The zero-order chi connectivity index (χ0) is 15.0. The van der Waals surface area contributed by atoms with Crippen LogP contribution in [0.2, 0.25) is 0 Å². The Morgan fingerprint density at radius 3 is 2.50 bits per heavy atom. The average molecular weight is 282 g/mol. The number of methoxy groups -OCH3 is 1. The summed E-state index contributed by atoms with van der Waals surface area (Å²) in [6, 6.07) is 4.95. The van der Waals surface area contributed by atoms with Gasteiger partial charge in [-0.25, -0.2) is 0 Å². The number of carbonyl (C=O) groups is 2. The summed E-state index contributed by atoms with van der Waals surface area (Å²) in [6.07, 6.45) is -0.195. The Kier molecular flexibility index (Phi) is 6.48. The van der Waals surface area contributed by atoms with Gasteiger partial charge in [-0.3, -0.25) is 9.59 Å². The van der Waals surface area contributed by atoms with Crippen LogP contribution in [-0.2, 0) is 14.3 Å². The molecule has 7 heteroatoms. The quantitative estimate of drug-likeness (QED) is 0.406. The highest BCUT2D eigenvalue weighted by Crippen LogP contribution is 2.14. The minimum atomic E-state index is -1.10. The van der Waals surface area contributed by atoms with Crippen LogP contribution in [0.15, 0.2) is 24.3 Å². The lowest BCUT2D eigenvalue weighted by atomic mass is 10.2. The highest BCUT2D eigenvalue weighted by Gasteiger charge is 2.20. The van der Waals surface area contributed by atoms with Gasteiger partial charge in [-0.15, -0.1) is 0 Å². The van der Waals surface area contributed by atoms with Gasteiger partial charge in [0.1, 0.15) is 11.8 Å². The largest absolute Gasteiger partial charge is 0.508 e. The number of rotatable bonds is 8. The minimum Gasteiger partial charge on any atom is -0.508 e. The van der Waals surface area contributed by atoms with Crippen LogP contribution in [0.4, 0.5) is 5.69 Å². The van der Waals surface area contributed by atoms with Gasteiger partial charge in [0.15, 0.2) is 0 Å². The summed E-state index contributed by atoms with van der Waals surface area (Å²) in [7, 11) is 1.51. The molecule has 7 nitrogen and oxygen atoms in total. The molecule has 1 aromatic carbocycles. The number of carboxylic acids is 1. The lowest BCUT2D eigenvalue weighted by molar-refractivity contribution is -0.141. The Morgan fingerprint density at radius 2 is 1.95 bits per heavy atom. The third-order valence-electron chi connectivity index (χ3n) is 2.54. The molecule has 0 spiro atoms. The minimum absolute atomic E-state index is 0.0904. The molecule has 0 saturated heterocycles. The Bertz CT molecular complexity index is 447. The summed E-state index contributed by atoms with van der Waals surface area (Å²) < 4.78 is 4.80. The van der Waals surface area contributed by atoms with Gasteiger partial charge in [-0.2, -0.15) is 0 Å². The van der Waals surface area contributed by atoms with E-state index < -0.39 is 17.9 Å². The van der Waals surface area contributed by atoms with E-state index in [4.69, 9.17) is 14.9 Å². The van der Waals surface area contributed by atoms with E-state index >= 15 is 0 Å². The third-order valence-corrected chi connectivity index (χ3v) is 2.54. The fourth-order valence-corrected chi connectivity index (χ4v) is 1.52. The number of hydrogen-bond acceptors (Lipinski definition) is 5. The van der Waals surface area contributed by atoms with Crippen LogP contribution >= 0.6 is 0 Å². The SMILES string of the molecule is COCCNC(CC(=O)Nc1ccc(O)cc1)C(=O)O. The number of nitrogens with one attached hydrogen (secondary N) is 2. The van der Waals surface area contributed by atoms with Crippen molar-refractivity contribution in [1.29, 1.82) is 0 Å². The van der Waals surface area contributed by atoms with E-state index in [9.17, 15) is 9.59 Å². The Hall–Kier alpha value is -2.12. The number of benzene rings is 1. The van der Waals surface area contributed by atoms with Crippen LogP contribution in [0.25, 0.3) is 0 Å². The number of carboxylic acid groups (broad SMARTS) is 1. The van der Waals surface area contributed by atoms with Crippen molar-refractivity contribution in [2.45, 2.75) is 12.5 Å². The summed E-state index contributed by atoms with van der Waals surface area (Å²) in [5.41, 5.74) is 0.494. The number of anilines is 1. The van der Waals surface area contributed by atoms with Crippen LogP contribution < -0.4 is 10.6 Å². The lowest BCUT2D eigenvalue weighted by Crippen LogP contribution is -2.41. The summed E-state index contributed by atoms with van der Waals surface area (Å²) >= 11 is 0. The molecule has 0 bridgehead atoms. The fraction of sp³-hybridized carbons (Fsp3) is 0.385. The van der Waals surface area contributed by atoms with E-state index in [0.29, 0.717) is 18.8 Å². The molecule has 0 heterocycles. The number of phenols is 1. The Balaban J connectivity index is 2.48. The normalized spacial score (nSPS) is 11.8. The van der Waals surface area contributed by atoms with Gasteiger partial charge in [-0.1, -0.05) is 0 Å². The first-order valence-electron chi connectivity index (χ1n) is 6.07. The van der Waals surface area contributed by atoms with Crippen molar-refractivity contribution in [3.8, 4) is 5.75 Å². The monoisotopic (exact) mass is 282 g/mol. The molecule has 0 fully saturated rings. The summed E-state index contributed by atoms with van der Waals surface area (Å²) in [5.74, 6) is -1.43. The lowest BCUT2D eigenvalue weighted by Gasteiger charge is -2.14. The summed E-state index contributed by atoms with van der Waals surface area (Å²) in [6.45, 7) is 0.712. The molecule has 110 valence electrons. The van der Waals surface area contributed by atoms with Crippen LogP contribution in [0.3, 0.4) is 0 Å². The molecule has 1 rings (SSSR count). The zero-order valence-electron chi connectivity index (χ0n) is 11.1. The standard InChI is InChI=1S/C13H18N2O5/c1-20-7-6-14-11(13(18)19)8-12(17)15-9-2-4-10(16)5-3-9/h2-5,11,14,16H,6-8H2,1H3,(H,15,17)(H,18,19). The first-order chi connectivity index (χ1) is 9.52. The molecule has 20 heavy (non-hydrogen) atoms. The van der Waals surface area contributed by atoms with Crippen LogP contribution in [0.1, 0.15) is 6.42 Å². The van der Waals surface area contributed by atoms with Gasteiger partial charge in [0, 0.05) is 19.3 Å². The number of amides is 1. The predicted octanol–water partition coefficient (Wildman–Crippen LogP) is 0.410. The number of carbonyl (C=O) groups excluding carboxylic acids is 1. The second kappa shape index (κ2) is 8.13. The summed E-state index contributed by atoms with van der Waals surface area (Å²) in [5, 5.41) is 23.4. The molecule has 1 aromatic rings. The van der Waals surface area contributed by atoms with Gasteiger partial charge in [0.2, 0.25) is 5.91 Å². The molecule has 0 radical (unpaired) electrons. The van der Waals surface area contributed by atoms with E-state index in [0.717, 1.165) is 0 Å². The van der Waals surface area contributed by atoms with E-state index in [1.54, 1.807) is 0 Å². The smallest absolute Gasteiger partial charge is 0.321 e. The molecular weight excluding hydrogens is 264 g/mol. The van der Waals surface area contributed by atoms with Gasteiger partial charge in [0.05, 0.1) is 13.0 Å². The highest BCUT2D eigenvalue weighted by molar-refractivity contribution is 5.94. The molecule has 0 aliphatic rings. The van der Waals surface area contributed by atoms with E-state index in [-0.39, 0.29) is 12.2 Å². The molecular formula is C13H18N2O5. The number of aromatic hydroxyl groups is 1. The summed E-state index contributed by atoms with van der Waals surface area (Å²) in [4.78, 5) is 22.7. The van der Waals surface area contributed by atoms with Crippen molar-refractivity contribution in [3.05, 3.63) is 24.3 Å². The highest BCUT2D eigenvalue weighted by atomic mass is 16.5. The number of ether oxygens (including phenoxy) is 1. The maximum atomic E-state index is 11.7. The topological polar surface area (TPSA) is 108 Å². The molecule has 0 aliphatic carbocycles. The molecule has 1 amide bonds. The van der Waals surface area contributed by atoms with Crippen molar-refractivity contribution in [3.63, 3.8) is 0 Å². The molecule has 4 N–H and O–H groups in total. The van der Waals surface area contributed by atoms with Crippen LogP contribution in [-0.4, -0.2) is 48.4 Å². The maximum absolute atomic E-state index is 11.7. The third kappa shape index (κ3) is 5.68. The van der Waals surface area contributed by atoms with E-state index in [2.05, 4.69) is 10.6 Å². The van der Waals surface area contributed by atoms with Crippen molar-refractivity contribution >= 4 is 17.6 Å². The number of phenolic OH excluding ortho intramolecular Hbond substituents is 1. The van der Waals surface area contributed by atoms with Gasteiger partial charge >= 0.3 is 5.97 Å². The van der Waals surface area contributed by atoms with Gasteiger partial charge in [0.25, 0.3) is 0 Å². The molecule has 1 atom stereocenters. The number of aliphatic carboxylic acids is 1. The van der Waals surface area contributed by atoms with Crippen LogP contribution in [0.5, 0.6) is 5.75 Å². The average Bonchev–Trinajstić information content (AvgIpc) is 2.40. The Morgan fingerprint density at radius 1 is 1.30 bits per heavy atom. The van der Waals surface area contributed by atoms with Crippen LogP contribution in [0, 0.1) is 0 Å². The molecule has 0 aromatic heterocycles. The Labute approximate surface area is 116 Å². The maximum Gasteiger partial charge on any atom is 0.321 e. The predicted molar refractivity (Wildman–Crippen MR) is 72.7 cm³/mol. The number of hydrogen-bond donors (Lipinski definition) is 4. The van der Waals surface area contributed by atoms with Crippen molar-refractivity contribution in [2.24, 2.45) is 0 Å². The first kappa shape index (κ1) is 15.9. The second-order valence-electron chi connectivity index (χ2n) is 4.14. The first-order valence-corrected chi connectivity index (χ1v) is 6.07. The zero-order valence-corrected chi connectivity index (χ0v) is 11.1. The van der Waals surface area contributed by atoms with Gasteiger partial charge in [-0.05, 0) is 24.3 Å². The fourth-order valence-electron chi connectivity index (χ4n) is 1.52. The second-order valence-corrected chi connectivity index (χ2v) is 4.14. The molecule has 0 saturated carbocycles.